The standard InChI is InChI=1S/C50H66N14O8/c1-4-5-19-50(2,62-47-45-37(60-49(51)61-47)24-35(25-54-45)36-26-55-46(56-27-36)34-17-21-63(3)22-18-34)31-72-32-58-41(67)29-57-48(71)38(23-33-12-8-6-9-13-33)59-42(68)30-53-40(66)28-52-39(65)14-10-7-11-20-64-43(69)15-16-44(64)70/h6,8-9,12-13,15-16,24-27,34,38H,4-5,7,10-11,14,17-23,28-32H2,1-3H3,(H,52,65)(H,53,66)(H,57,71)(H,58,67)(H,59,68)(H3,51,60,61,62)/t38-,50+/m0/s1. The lowest BCUT2D eigenvalue weighted by molar-refractivity contribution is -0.137. The summed E-state index contributed by atoms with van der Waals surface area (Å²) in [6.07, 6.45) is 14.2. The number of piperidine rings is 1. The molecule has 22 nitrogen and oxygen atoms in total. The predicted octanol–water partition coefficient (Wildman–Crippen LogP) is 1.89. The molecule has 72 heavy (non-hydrogen) atoms. The Morgan fingerprint density at radius 2 is 1.47 bits per heavy atom. The van der Waals surface area contributed by atoms with Crippen LogP contribution in [-0.2, 0) is 44.7 Å². The van der Waals surface area contributed by atoms with Crippen molar-refractivity contribution in [2.45, 2.75) is 95.6 Å². The first kappa shape index (κ1) is 53.9. The molecule has 7 amide bonds. The van der Waals surface area contributed by atoms with Gasteiger partial charge in [0.2, 0.25) is 35.5 Å². The highest BCUT2D eigenvalue weighted by molar-refractivity contribution is 6.12. The molecule has 0 aliphatic carbocycles. The number of nitrogens with one attached hydrogen (secondary N) is 6. The summed E-state index contributed by atoms with van der Waals surface area (Å²) in [5.41, 5.74) is 8.95. The van der Waals surface area contributed by atoms with E-state index >= 15 is 0 Å². The Balaban J connectivity index is 0.938. The minimum atomic E-state index is -1.09. The normalized spacial score (nSPS) is 15.2. The van der Waals surface area contributed by atoms with Crippen LogP contribution in [0.25, 0.3) is 22.2 Å². The van der Waals surface area contributed by atoms with E-state index in [9.17, 15) is 33.6 Å². The van der Waals surface area contributed by atoms with Crippen LogP contribution in [0.15, 0.2) is 67.1 Å². The fourth-order valence-electron chi connectivity index (χ4n) is 8.23. The number of imide groups is 1. The van der Waals surface area contributed by atoms with E-state index in [0.717, 1.165) is 66.2 Å². The molecule has 4 aromatic rings. The van der Waals surface area contributed by atoms with Crippen molar-refractivity contribution < 1.29 is 38.3 Å². The molecule has 0 radical (unpaired) electrons. The van der Waals surface area contributed by atoms with Crippen LogP contribution in [0.5, 0.6) is 0 Å². The number of hydrogen-bond donors (Lipinski definition) is 7. The first-order valence-corrected chi connectivity index (χ1v) is 24.4. The molecule has 1 fully saturated rings. The number of nitrogens with zero attached hydrogens (tertiary/aromatic N) is 7. The van der Waals surface area contributed by atoms with Crippen molar-refractivity contribution in [3.8, 4) is 11.1 Å². The number of carbonyl (C=O) groups is 7. The Morgan fingerprint density at radius 3 is 2.19 bits per heavy atom. The zero-order valence-electron chi connectivity index (χ0n) is 41.2. The molecule has 1 saturated heterocycles. The molecule has 0 bridgehead atoms. The van der Waals surface area contributed by atoms with Crippen LogP contribution in [0.3, 0.4) is 0 Å². The van der Waals surface area contributed by atoms with Crippen molar-refractivity contribution in [1.82, 2.24) is 61.3 Å². The van der Waals surface area contributed by atoms with Crippen molar-refractivity contribution in [1.29, 1.82) is 0 Å². The van der Waals surface area contributed by atoms with Gasteiger partial charge in [0.1, 0.15) is 24.1 Å². The SMILES string of the molecule is CCCC[C@](C)(COCNC(=O)CNC(=O)[C@H](Cc1ccccc1)NC(=O)CNC(=O)CNC(=O)CCCCCN1C(=O)C=CC1=O)Nc1nc(N)nc2cc(-c3cnc(C4CCN(C)CC4)nc3)cnc12. The van der Waals surface area contributed by atoms with E-state index in [2.05, 4.69) is 60.7 Å². The molecule has 0 spiro atoms. The molecule has 2 aliphatic heterocycles. The largest absolute Gasteiger partial charge is 0.368 e. The number of rotatable bonds is 27. The number of unbranched alkanes of at least 4 members (excludes halogenated alkanes) is 3. The Kier molecular flexibility index (Phi) is 20.0. The molecule has 8 N–H and O–H groups in total. The van der Waals surface area contributed by atoms with Crippen molar-refractivity contribution in [3.05, 3.63) is 78.5 Å². The van der Waals surface area contributed by atoms with Gasteiger partial charge in [0.15, 0.2) is 5.82 Å². The molecule has 22 heteroatoms. The minimum absolute atomic E-state index is 0.0648. The predicted molar refractivity (Wildman–Crippen MR) is 268 cm³/mol. The summed E-state index contributed by atoms with van der Waals surface area (Å²) >= 11 is 0. The van der Waals surface area contributed by atoms with Gasteiger partial charge in [-0.25, -0.2) is 15.0 Å². The summed E-state index contributed by atoms with van der Waals surface area (Å²) in [4.78, 5) is 114. The van der Waals surface area contributed by atoms with E-state index in [0.29, 0.717) is 48.5 Å². The maximum Gasteiger partial charge on any atom is 0.253 e. The van der Waals surface area contributed by atoms with Crippen LogP contribution in [0.1, 0.15) is 88.9 Å². The van der Waals surface area contributed by atoms with Crippen molar-refractivity contribution in [2.24, 2.45) is 0 Å². The number of nitrogens with two attached hydrogens (primary N) is 1. The molecule has 6 rings (SSSR count). The first-order valence-electron chi connectivity index (χ1n) is 24.4. The highest BCUT2D eigenvalue weighted by Crippen LogP contribution is 2.30. The number of carbonyl (C=O) groups excluding carboxylic acids is 7. The second-order valence-electron chi connectivity index (χ2n) is 18.4. The van der Waals surface area contributed by atoms with Gasteiger partial charge in [0, 0.05) is 67.2 Å². The highest BCUT2D eigenvalue weighted by atomic mass is 16.5. The minimum Gasteiger partial charge on any atom is -0.368 e. The van der Waals surface area contributed by atoms with E-state index in [1.165, 1.54) is 12.2 Å². The number of pyridine rings is 1. The number of hydrogen-bond acceptors (Lipinski definition) is 16. The van der Waals surface area contributed by atoms with Gasteiger partial charge in [-0.3, -0.25) is 43.4 Å². The van der Waals surface area contributed by atoms with Gasteiger partial charge in [-0.2, -0.15) is 4.98 Å². The number of benzene rings is 1. The number of ether oxygens (including phenoxy) is 1. The summed E-state index contributed by atoms with van der Waals surface area (Å²) in [5.74, 6) is -1.82. The Hall–Kier alpha value is -7.46. The molecule has 1 aromatic carbocycles. The lowest BCUT2D eigenvalue weighted by Gasteiger charge is -2.31. The third kappa shape index (κ3) is 16.6. The van der Waals surface area contributed by atoms with E-state index < -0.39 is 48.3 Å². The van der Waals surface area contributed by atoms with Crippen molar-refractivity contribution in [2.75, 3.05) is 70.7 Å². The van der Waals surface area contributed by atoms with Gasteiger partial charge >= 0.3 is 0 Å². The lowest BCUT2D eigenvalue weighted by Crippen LogP contribution is -2.52. The van der Waals surface area contributed by atoms with Crippen molar-refractivity contribution in [3.63, 3.8) is 0 Å². The lowest BCUT2D eigenvalue weighted by atomic mass is 9.95. The Bertz CT molecular complexity index is 2540. The van der Waals surface area contributed by atoms with Gasteiger partial charge in [0.25, 0.3) is 11.8 Å². The molecule has 2 atom stereocenters. The molecule has 2 aliphatic rings. The molecule has 384 valence electrons. The number of amides is 7. The summed E-state index contributed by atoms with van der Waals surface area (Å²) < 4.78 is 5.97. The summed E-state index contributed by atoms with van der Waals surface area (Å²) in [6, 6.07) is 9.77. The van der Waals surface area contributed by atoms with Gasteiger partial charge in [-0.1, -0.05) is 56.5 Å². The fourth-order valence-corrected chi connectivity index (χ4v) is 8.23. The zero-order valence-corrected chi connectivity index (χ0v) is 41.2. The monoisotopic (exact) mass is 991 g/mol. The van der Waals surface area contributed by atoms with Gasteiger partial charge < -0.3 is 47.3 Å². The van der Waals surface area contributed by atoms with Gasteiger partial charge in [-0.15, -0.1) is 0 Å². The molecular formula is C50H66N14O8. The maximum atomic E-state index is 13.4. The molecule has 0 unspecified atom stereocenters. The van der Waals surface area contributed by atoms with Crippen LogP contribution in [0.4, 0.5) is 11.8 Å². The Morgan fingerprint density at radius 1 is 0.806 bits per heavy atom. The zero-order chi connectivity index (χ0) is 51.5. The van der Waals surface area contributed by atoms with Crippen LogP contribution in [-0.4, -0.2) is 147 Å². The molecule has 0 saturated carbocycles. The van der Waals surface area contributed by atoms with E-state index in [4.69, 9.17) is 25.4 Å². The average Bonchev–Trinajstić information content (AvgIpc) is 3.70. The van der Waals surface area contributed by atoms with Crippen molar-refractivity contribution >= 4 is 64.1 Å². The number of anilines is 2. The van der Waals surface area contributed by atoms with Gasteiger partial charge in [-0.05, 0) is 70.8 Å². The van der Waals surface area contributed by atoms with E-state index in [1.807, 2.05) is 31.5 Å². The maximum absolute atomic E-state index is 13.4. The van der Waals surface area contributed by atoms with E-state index in [-0.39, 0.29) is 62.9 Å². The number of nitrogen functional groups attached to an aromatic ring is 1. The quantitative estimate of drug-likeness (QED) is 0.0255. The van der Waals surface area contributed by atoms with Crippen LogP contribution in [0, 0.1) is 0 Å². The van der Waals surface area contributed by atoms with Crippen LogP contribution in [0.2, 0.25) is 0 Å². The molecular weight excluding hydrogens is 925 g/mol. The molecule has 3 aromatic heterocycles. The van der Waals surface area contributed by atoms with Crippen LogP contribution < -0.4 is 37.6 Å². The second-order valence-corrected chi connectivity index (χ2v) is 18.4. The fraction of sp³-hybridized carbons (Fsp3) is 0.480. The first-order chi connectivity index (χ1) is 34.7. The third-order valence-corrected chi connectivity index (χ3v) is 12.4. The average molecular weight is 991 g/mol. The van der Waals surface area contributed by atoms with Crippen LogP contribution >= 0.6 is 0 Å². The summed E-state index contributed by atoms with van der Waals surface area (Å²) in [6.45, 7) is 5.12. The highest BCUT2D eigenvalue weighted by Gasteiger charge is 2.28. The van der Waals surface area contributed by atoms with Gasteiger partial charge in [0.05, 0.1) is 37.3 Å². The Labute approximate surface area is 418 Å². The summed E-state index contributed by atoms with van der Waals surface area (Å²) in [5, 5.41) is 16.3. The molecule has 5 heterocycles. The number of aromatic nitrogens is 5. The summed E-state index contributed by atoms with van der Waals surface area (Å²) in [7, 11) is 2.13. The smallest absolute Gasteiger partial charge is 0.253 e. The number of likely N-dealkylation sites (tertiary alicyclic amines) is 1. The van der Waals surface area contributed by atoms with E-state index in [1.54, 1.807) is 30.5 Å². The third-order valence-electron chi connectivity index (χ3n) is 12.4. The second kappa shape index (κ2) is 26.7. The topological polar surface area (TPSA) is 298 Å². The number of fused-ring (bicyclic) bond motifs is 1.